The van der Waals surface area contributed by atoms with Crippen molar-refractivity contribution in [3.05, 3.63) is 75.3 Å². The number of aliphatic carboxylic acids is 1. The zero-order valence-corrected chi connectivity index (χ0v) is 13.6. The Bertz CT molecular complexity index is 888. The van der Waals surface area contributed by atoms with Gasteiger partial charge in [0.15, 0.2) is 0 Å². The van der Waals surface area contributed by atoms with Crippen molar-refractivity contribution in [2.45, 2.75) is 18.9 Å². The van der Waals surface area contributed by atoms with E-state index in [1.54, 1.807) is 30.3 Å². The minimum Gasteiger partial charge on any atom is -0.480 e. The largest absolute Gasteiger partial charge is 0.480 e. The molecule has 0 bridgehead atoms. The van der Waals surface area contributed by atoms with Gasteiger partial charge in [-0.25, -0.2) is 4.79 Å². The number of nitriles is 1. The van der Waals surface area contributed by atoms with E-state index < -0.39 is 22.8 Å². The van der Waals surface area contributed by atoms with E-state index in [1.807, 2.05) is 6.07 Å². The summed E-state index contributed by atoms with van der Waals surface area (Å²) in [6.45, 7) is 0. The summed E-state index contributed by atoms with van der Waals surface area (Å²) in [6, 6.07) is 12.9. The molecule has 2 rings (SSSR count). The predicted octanol–water partition coefficient (Wildman–Crippen LogP) is 1.82. The van der Waals surface area contributed by atoms with E-state index in [1.165, 1.54) is 18.2 Å². The highest BCUT2D eigenvalue weighted by Gasteiger charge is 2.22. The highest BCUT2D eigenvalue weighted by atomic mass is 16.6. The summed E-state index contributed by atoms with van der Waals surface area (Å²) in [7, 11) is 0. The van der Waals surface area contributed by atoms with Crippen LogP contribution in [0, 0.1) is 21.4 Å². The molecular formula is C18H15N3O5. The average Bonchev–Trinajstić information content (AvgIpc) is 2.61. The zero-order valence-electron chi connectivity index (χ0n) is 13.6. The second-order valence-electron chi connectivity index (χ2n) is 5.54. The van der Waals surface area contributed by atoms with Gasteiger partial charge >= 0.3 is 5.97 Å². The first-order chi connectivity index (χ1) is 12.4. The molecule has 0 saturated heterocycles. The maximum atomic E-state index is 12.1. The topological polar surface area (TPSA) is 133 Å². The number of carboxylic acid groups (broad SMARTS) is 1. The SMILES string of the molecule is N#Cc1ccccc1C[C@H](NC(=O)Cc1cccc([N+](=O)[O-])c1)C(=O)O. The molecule has 0 aromatic heterocycles. The van der Waals surface area contributed by atoms with Crippen LogP contribution in [0.4, 0.5) is 5.69 Å². The van der Waals surface area contributed by atoms with Crippen LogP contribution in [0.2, 0.25) is 0 Å². The number of nitrogens with one attached hydrogen (secondary N) is 1. The van der Waals surface area contributed by atoms with Crippen molar-refractivity contribution < 1.29 is 19.6 Å². The van der Waals surface area contributed by atoms with Crippen LogP contribution in [0.15, 0.2) is 48.5 Å². The van der Waals surface area contributed by atoms with Gasteiger partial charge in [-0.2, -0.15) is 5.26 Å². The Hall–Kier alpha value is -3.73. The van der Waals surface area contributed by atoms with Crippen LogP contribution in [-0.4, -0.2) is 27.9 Å². The Labute approximate surface area is 148 Å². The number of nitrogens with zero attached hydrogens (tertiary/aromatic N) is 2. The number of carboxylic acids is 1. The van der Waals surface area contributed by atoms with E-state index in [2.05, 4.69) is 5.32 Å². The summed E-state index contributed by atoms with van der Waals surface area (Å²) in [5, 5.41) is 31.6. The first kappa shape index (κ1) is 18.6. The number of benzene rings is 2. The number of carbonyl (C=O) groups excluding carboxylic acids is 1. The van der Waals surface area contributed by atoms with Crippen LogP contribution in [0.5, 0.6) is 0 Å². The molecule has 1 atom stereocenters. The van der Waals surface area contributed by atoms with E-state index >= 15 is 0 Å². The number of hydrogen-bond acceptors (Lipinski definition) is 5. The molecule has 0 spiro atoms. The fraction of sp³-hybridized carbons (Fsp3) is 0.167. The van der Waals surface area contributed by atoms with E-state index in [-0.39, 0.29) is 18.5 Å². The van der Waals surface area contributed by atoms with Gasteiger partial charge in [0.2, 0.25) is 5.91 Å². The van der Waals surface area contributed by atoms with Crippen molar-refractivity contribution in [1.82, 2.24) is 5.32 Å². The first-order valence-electron chi connectivity index (χ1n) is 7.64. The quantitative estimate of drug-likeness (QED) is 0.576. The Morgan fingerprint density at radius 2 is 1.96 bits per heavy atom. The maximum Gasteiger partial charge on any atom is 0.326 e. The molecule has 1 amide bonds. The molecule has 0 saturated carbocycles. The molecule has 0 aliphatic rings. The monoisotopic (exact) mass is 353 g/mol. The van der Waals surface area contributed by atoms with Crippen LogP contribution >= 0.6 is 0 Å². The number of non-ortho nitro benzene ring substituents is 1. The molecule has 2 N–H and O–H groups in total. The summed E-state index contributed by atoms with van der Waals surface area (Å²) in [5.41, 5.74) is 1.11. The maximum absolute atomic E-state index is 12.1. The summed E-state index contributed by atoms with van der Waals surface area (Å²) >= 11 is 0. The lowest BCUT2D eigenvalue weighted by Gasteiger charge is -2.15. The third-order valence-corrected chi connectivity index (χ3v) is 3.68. The highest BCUT2D eigenvalue weighted by molar-refractivity contribution is 5.85. The van der Waals surface area contributed by atoms with E-state index in [0.717, 1.165) is 0 Å². The van der Waals surface area contributed by atoms with Gasteiger partial charge < -0.3 is 10.4 Å². The fourth-order valence-corrected chi connectivity index (χ4v) is 2.44. The second-order valence-corrected chi connectivity index (χ2v) is 5.54. The van der Waals surface area contributed by atoms with Gasteiger partial charge in [0, 0.05) is 18.6 Å². The van der Waals surface area contributed by atoms with Crippen LogP contribution in [-0.2, 0) is 22.4 Å². The smallest absolute Gasteiger partial charge is 0.326 e. The third-order valence-electron chi connectivity index (χ3n) is 3.68. The normalized spacial score (nSPS) is 11.2. The lowest BCUT2D eigenvalue weighted by Crippen LogP contribution is -2.43. The van der Waals surface area contributed by atoms with Crippen LogP contribution in [0.1, 0.15) is 16.7 Å². The zero-order chi connectivity index (χ0) is 19.1. The van der Waals surface area contributed by atoms with Gasteiger partial charge in [-0.1, -0.05) is 30.3 Å². The van der Waals surface area contributed by atoms with Gasteiger partial charge in [0.05, 0.1) is 23.0 Å². The summed E-state index contributed by atoms with van der Waals surface area (Å²) in [4.78, 5) is 33.8. The standard InChI is InChI=1S/C18H15N3O5/c19-11-14-6-2-1-5-13(14)10-16(18(23)24)20-17(22)9-12-4-3-7-15(8-12)21(25)26/h1-8,16H,9-10H2,(H,20,22)(H,23,24)/t16-/m0/s1. The molecule has 8 heteroatoms. The van der Waals surface area contributed by atoms with Crippen LogP contribution in [0.25, 0.3) is 0 Å². The summed E-state index contributed by atoms with van der Waals surface area (Å²) < 4.78 is 0. The van der Waals surface area contributed by atoms with Gasteiger partial charge in [-0.15, -0.1) is 0 Å². The van der Waals surface area contributed by atoms with Crippen molar-refractivity contribution in [3.63, 3.8) is 0 Å². The van der Waals surface area contributed by atoms with Crippen molar-refractivity contribution in [2.75, 3.05) is 0 Å². The minimum absolute atomic E-state index is 0.0419. The Morgan fingerprint density at radius 3 is 2.62 bits per heavy atom. The van der Waals surface area contributed by atoms with Gasteiger partial charge in [0.25, 0.3) is 5.69 Å². The fourth-order valence-electron chi connectivity index (χ4n) is 2.44. The molecule has 0 heterocycles. The lowest BCUT2D eigenvalue weighted by molar-refractivity contribution is -0.384. The van der Waals surface area contributed by atoms with Crippen molar-refractivity contribution in [1.29, 1.82) is 5.26 Å². The number of nitro groups is 1. The minimum atomic E-state index is -1.23. The Morgan fingerprint density at radius 1 is 1.23 bits per heavy atom. The van der Waals surface area contributed by atoms with Crippen LogP contribution in [0.3, 0.4) is 0 Å². The Kier molecular flexibility index (Phi) is 6.01. The number of nitro benzene ring substituents is 1. The lowest BCUT2D eigenvalue weighted by atomic mass is 10.0. The molecule has 0 unspecified atom stereocenters. The van der Waals surface area contributed by atoms with E-state index in [9.17, 15) is 24.8 Å². The van der Waals surface area contributed by atoms with Crippen molar-refractivity contribution in [3.8, 4) is 6.07 Å². The highest BCUT2D eigenvalue weighted by Crippen LogP contribution is 2.14. The number of amides is 1. The van der Waals surface area contributed by atoms with E-state index in [0.29, 0.717) is 16.7 Å². The first-order valence-corrected chi connectivity index (χ1v) is 7.64. The molecule has 2 aromatic rings. The predicted molar refractivity (Wildman–Crippen MR) is 91.2 cm³/mol. The second kappa shape index (κ2) is 8.39. The molecule has 0 aliphatic carbocycles. The van der Waals surface area contributed by atoms with Gasteiger partial charge in [0.1, 0.15) is 6.04 Å². The molecule has 0 radical (unpaired) electrons. The van der Waals surface area contributed by atoms with E-state index in [4.69, 9.17) is 5.26 Å². The summed E-state index contributed by atoms with van der Waals surface area (Å²) in [6.07, 6.45) is -0.231. The number of hydrogen-bond donors (Lipinski definition) is 2. The van der Waals surface area contributed by atoms with Crippen molar-refractivity contribution in [2.24, 2.45) is 0 Å². The van der Waals surface area contributed by atoms with Gasteiger partial charge in [-0.05, 0) is 17.2 Å². The van der Waals surface area contributed by atoms with Crippen molar-refractivity contribution >= 4 is 17.6 Å². The molecule has 0 fully saturated rings. The number of rotatable bonds is 7. The van der Waals surface area contributed by atoms with Crippen LogP contribution < -0.4 is 5.32 Å². The molecule has 8 nitrogen and oxygen atoms in total. The number of carbonyl (C=O) groups is 2. The molecule has 0 aliphatic heterocycles. The average molecular weight is 353 g/mol. The molecular weight excluding hydrogens is 338 g/mol. The molecule has 26 heavy (non-hydrogen) atoms. The molecule has 132 valence electrons. The molecule has 2 aromatic carbocycles. The summed E-state index contributed by atoms with van der Waals surface area (Å²) in [5.74, 6) is -1.81. The third kappa shape index (κ3) is 4.88. The van der Waals surface area contributed by atoms with Gasteiger partial charge in [-0.3, -0.25) is 14.9 Å². The Balaban J connectivity index is 2.09.